The van der Waals surface area contributed by atoms with E-state index in [1.165, 1.54) is 10.9 Å². The molecule has 0 fully saturated rings. The Balaban J connectivity index is 2.98. The Labute approximate surface area is 113 Å². The summed E-state index contributed by atoms with van der Waals surface area (Å²) in [6, 6.07) is 8.19. The number of fused-ring (bicyclic) bond motifs is 1. The first-order valence-corrected chi connectivity index (χ1v) is 6.47. The highest BCUT2D eigenvalue weighted by atomic mass is 35.5. The number of anilines is 1. The average molecular weight is 260 g/mol. The Hall–Kier alpha value is -1.47. The van der Waals surface area contributed by atoms with Crippen molar-refractivity contribution in [2.24, 2.45) is 0 Å². The van der Waals surface area contributed by atoms with Crippen molar-refractivity contribution in [1.29, 1.82) is 0 Å². The molecule has 2 N–H and O–H groups in total. The number of halogens is 1. The number of nitrogen functional groups attached to an aromatic ring is 1. The highest BCUT2D eigenvalue weighted by Crippen LogP contribution is 2.36. The summed E-state index contributed by atoms with van der Waals surface area (Å²) in [5.41, 5.74) is 10.2. The molecule has 0 spiro atoms. The van der Waals surface area contributed by atoms with E-state index in [0.717, 1.165) is 22.2 Å². The number of benzene rings is 2. The third kappa shape index (κ3) is 2.11. The molecule has 0 amide bonds. The number of rotatable bonds is 2. The molecule has 1 nitrogen and oxygen atoms in total. The predicted molar refractivity (Wildman–Crippen MR) is 82.1 cm³/mol. The summed E-state index contributed by atoms with van der Waals surface area (Å²) in [4.78, 5) is 0. The van der Waals surface area contributed by atoms with Gasteiger partial charge in [-0.2, -0.15) is 0 Å². The Morgan fingerprint density at radius 2 is 1.94 bits per heavy atom. The van der Waals surface area contributed by atoms with Gasteiger partial charge >= 0.3 is 0 Å². The van der Waals surface area contributed by atoms with Crippen LogP contribution in [0.3, 0.4) is 0 Å². The van der Waals surface area contributed by atoms with Gasteiger partial charge in [0.15, 0.2) is 0 Å². The molecule has 0 aliphatic carbocycles. The van der Waals surface area contributed by atoms with Gasteiger partial charge in [-0.05, 0) is 46.9 Å². The molecular weight excluding hydrogens is 242 g/mol. The average Bonchev–Trinajstić information content (AvgIpc) is 2.27. The number of aryl methyl sites for hydroxylation is 1. The van der Waals surface area contributed by atoms with Crippen molar-refractivity contribution in [1.82, 2.24) is 0 Å². The minimum atomic E-state index is 0.396. The van der Waals surface area contributed by atoms with E-state index in [-0.39, 0.29) is 0 Å². The highest BCUT2D eigenvalue weighted by molar-refractivity contribution is 6.49. The number of nitrogens with two attached hydrogens (primary N) is 1. The quantitative estimate of drug-likeness (QED) is 0.749. The zero-order valence-electron chi connectivity index (χ0n) is 11.0. The third-order valence-electron chi connectivity index (χ3n) is 3.27. The maximum absolute atomic E-state index is 6.18. The standard InChI is InChI=1S/C16H18ClN/c1-9(2)14-8-13(18)7-12-6-5-10(3)15(11(4)17)16(12)14/h5-9H,4,18H2,1-3H3. The van der Waals surface area contributed by atoms with Crippen LogP contribution >= 0.6 is 11.6 Å². The largest absolute Gasteiger partial charge is 0.399 e. The lowest BCUT2D eigenvalue weighted by Gasteiger charge is -2.16. The lowest BCUT2D eigenvalue weighted by molar-refractivity contribution is 0.876. The van der Waals surface area contributed by atoms with E-state index in [0.29, 0.717) is 11.0 Å². The molecule has 18 heavy (non-hydrogen) atoms. The van der Waals surface area contributed by atoms with Gasteiger partial charge in [-0.1, -0.05) is 44.2 Å². The first kappa shape index (κ1) is 13.0. The van der Waals surface area contributed by atoms with Crippen LogP contribution in [0.4, 0.5) is 5.69 Å². The van der Waals surface area contributed by atoms with Crippen molar-refractivity contribution in [3.8, 4) is 0 Å². The third-order valence-corrected chi connectivity index (χ3v) is 3.46. The molecule has 0 aromatic heterocycles. The summed E-state index contributed by atoms with van der Waals surface area (Å²) in [6.45, 7) is 10.3. The van der Waals surface area contributed by atoms with E-state index in [2.05, 4.69) is 39.5 Å². The smallest absolute Gasteiger partial charge is 0.0415 e. The van der Waals surface area contributed by atoms with E-state index < -0.39 is 0 Å². The second kappa shape index (κ2) is 4.66. The summed E-state index contributed by atoms with van der Waals surface area (Å²) in [6.07, 6.45) is 0. The minimum absolute atomic E-state index is 0.396. The number of hydrogen-bond donors (Lipinski definition) is 1. The maximum Gasteiger partial charge on any atom is 0.0415 e. The molecule has 0 aliphatic rings. The molecular formula is C16H18ClN. The summed E-state index contributed by atoms with van der Waals surface area (Å²) in [5.74, 6) is 0.396. The van der Waals surface area contributed by atoms with Gasteiger partial charge in [-0.25, -0.2) is 0 Å². The normalized spacial score (nSPS) is 11.2. The zero-order chi connectivity index (χ0) is 13.4. The monoisotopic (exact) mass is 259 g/mol. The summed E-state index contributed by atoms with van der Waals surface area (Å²) >= 11 is 6.18. The number of hydrogen-bond acceptors (Lipinski definition) is 1. The zero-order valence-corrected chi connectivity index (χ0v) is 11.8. The Morgan fingerprint density at radius 1 is 1.28 bits per heavy atom. The van der Waals surface area contributed by atoms with E-state index in [9.17, 15) is 0 Å². The van der Waals surface area contributed by atoms with Crippen LogP contribution in [0.5, 0.6) is 0 Å². The van der Waals surface area contributed by atoms with Gasteiger partial charge in [0.2, 0.25) is 0 Å². The summed E-state index contributed by atoms with van der Waals surface area (Å²) in [7, 11) is 0. The molecule has 0 saturated carbocycles. The molecule has 0 saturated heterocycles. The Kier molecular flexibility index (Phi) is 3.36. The van der Waals surface area contributed by atoms with Gasteiger partial charge < -0.3 is 5.73 Å². The lowest BCUT2D eigenvalue weighted by atomic mass is 9.90. The van der Waals surface area contributed by atoms with Gasteiger partial charge in [-0.3, -0.25) is 0 Å². The Bertz CT molecular complexity index is 627. The van der Waals surface area contributed by atoms with Crippen molar-refractivity contribution >= 4 is 33.1 Å². The molecule has 0 heterocycles. The second-order valence-corrected chi connectivity index (χ2v) is 5.48. The van der Waals surface area contributed by atoms with Crippen molar-refractivity contribution in [3.05, 3.63) is 47.5 Å². The molecule has 2 aromatic carbocycles. The van der Waals surface area contributed by atoms with Crippen LogP contribution in [0.15, 0.2) is 30.8 Å². The fraction of sp³-hybridized carbons (Fsp3) is 0.250. The van der Waals surface area contributed by atoms with Gasteiger partial charge in [-0.15, -0.1) is 0 Å². The van der Waals surface area contributed by atoms with E-state index >= 15 is 0 Å². The molecule has 94 valence electrons. The topological polar surface area (TPSA) is 26.0 Å². The minimum Gasteiger partial charge on any atom is -0.399 e. The molecule has 0 unspecified atom stereocenters. The van der Waals surface area contributed by atoms with E-state index in [4.69, 9.17) is 17.3 Å². The van der Waals surface area contributed by atoms with Gasteiger partial charge in [0.05, 0.1) is 0 Å². The molecule has 2 rings (SSSR count). The summed E-state index contributed by atoms with van der Waals surface area (Å²) in [5, 5.41) is 2.89. The molecule has 0 bridgehead atoms. The molecule has 2 aromatic rings. The SMILES string of the molecule is C=C(Cl)c1c(C)ccc2cc(N)cc(C(C)C)c12. The highest BCUT2D eigenvalue weighted by Gasteiger charge is 2.13. The van der Waals surface area contributed by atoms with Crippen LogP contribution in [-0.2, 0) is 0 Å². The van der Waals surface area contributed by atoms with Crippen molar-refractivity contribution < 1.29 is 0 Å². The maximum atomic E-state index is 6.18. The van der Waals surface area contributed by atoms with Gasteiger partial charge in [0, 0.05) is 16.3 Å². The first-order valence-electron chi connectivity index (χ1n) is 6.09. The van der Waals surface area contributed by atoms with Crippen LogP contribution in [-0.4, -0.2) is 0 Å². The molecule has 0 radical (unpaired) electrons. The first-order chi connectivity index (χ1) is 8.41. The Morgan fingerprint density at radius 3 is 2.50 bits per heavy atom. The molecule has 0 aliphatic heterocycles. The van der Waals surface area contributed by atoms with Crippen molar-refractivity contribution in [2.45, 2.75) is 26.7 Å². The van der Waals surface area contributed by atoms with Crippen LogP contribution in [0.25, 0.3) is 15.8 Å². The predicted octanol–water partition coefficient (Wildman–Crippen LogP) is 5.06. The van der Waals surface area contributed by atoms with Crippen molar-refractivity contribution in [3.63, 3.8) is 0 Å². The van der Waals surface area contributed by atoms with Crippen LogP contribution < -0.4 is 5.73 Å². The van der Waals surface area contributed by atoms with Gasteiger partial charge in [0.25, 0.3) is 0 Å². The fourth-order valence-electron chi connectivity index (χ4n) is 2.43. The second-order valence-electron chi connectivity index (χ2n) is 5.03. The van der Waals surface area contributed by atoms with Crippen molar-refractivity contribution in [2.75, 3.05) is 5.73 Å². The molecule has 2 heteroatoms. The van der Waals surface area contributed by atoms with Crippen LogP contribution in [0.1, 0.15) is 36.5 Å². The fourth-order valence-corrected chi connectivity index (χ4v) is 2.68. The van der Waals surface area contributed by atoms with E-state index in [1.807, 2.05) is 12.1 Å². The van der Waals surface area contributed by atoms with Crippen LogP contribution in [0.2, 0.25) is 0 Å². The summed E-state index contributed by atoms with van der Waals surface area (Å²) < 4.78 is 0. The van der Waals surface area contributed by atoms with Gasteiger partial charge in [0.1, 0.15) is 0 Å². The van der Waals surface area contributed by atoms with Crippen LogP contribution in [0, 0.1) is 6.92 Å². The lowest BCUT2D eigenvalue weighted by Crippen LogP contribution is -1.97. The van der Waals surface area contributed by atoms with E-state index in [1.54, 1.807) is 0 Å². The molecule has 0 atom stereocenters.